The largest absolute Gasteiger partial charge is 0.377 e. The van der Waals surface area contributed by atoms with Crippen molar-refractivity contribution < 1.29 is 5.11 Å². The third-order valence-electron chi connectivity index (χ3n) is 0.654. The van der Waals surface area contributed by atoms with Crippen molar-refractivity contribution in [2.24, 2.45) is 0 Å². The van der Waals surface area contributed by atoms with Crippen LogP contribution in [0, 0.1) is 11.8 Å². The minimum absolute atomic E-state index is 0.161. The van der Waals surface area contributed by atoms with Gasteiger partial charge in [0, 0.05) is 0 Å². The van der Waals surface area contributed by atoms with Crippen LogP contribution in [0.2, 0.25) is 0 Å². The van der Waals surface area contributed by atoms with Crippen LogP contribution in [-0.2, 0) is 0 Å². The Kier molecular flexibility index (Phi) is 2.89. The van der Waals surface area contributed by atoms with Crippen molar-refractivity contribution in [3.05, 3.63) is 0 Å². The van der Waals surface area contributed by atoms with Crippen LogP contribution < -0.4 is 0 Å². The normalized spacial score (nSPS) is 16.0. The van der Waals surface area contributed by atoms with E-state index in [0.717, 1.165) is 0 Å². The van der Waals surface area contributed by atoms with Crippen LogP contribution in [0.4, 0.5) is 0 Å². The molecule has 0 aromatic heterocycles. The second-order valence-electron chi connectivity index (χ2n) is 1.78. The van der Waals surface area contributed by atoms with Gasteiger partial charge in [0.25, 0.3) is 0 Å². The van der Waals surface area contributed by atoms with Gasteiger partial charge in [-0.25, -0.2) is 0 Å². The van der Waals surface area contributed by atoms with Crippen molar-refractivity contribution in [1.82, 2.24) is 0 Å². The molecular formula is C6H9ClO. The van der Waals surface area contributed by atoms with E-state index >= 15 is 0 Å². The maximum atomic E-state index is 9.02. The van der Waals surface area contributed by atoms with Gasteiger partial charge in [-0.1, -0.05) is 5.92 Å². The zero-order valence-electron chi connectivity index (χ0n) is 5.03. The second-order valence-corrected chi connectivity index (χ2v) is 2.05. The van der Waals surface area contributed by atoms with Crippen molar-refractivity contribution in [3.63, 3.8) is 0 Å². The zero-order valence-corrected chi connectivity index (χ0v) is 5.79. The minimum atomic E-state index is -1.00. The van der Waals surface area contributed by atoms with E-state index in [1.54, 1.807) is 13.8 Å². The fourth-order valence-corrected chi connectivity index (χ4v) is 0.370. The topological polar surface area (TPSA) is 20.2 Å². The molecule has 1 nitrogen and oxygen atoms in total. The van der Waals surface area contributed by atoms with Crippen molar-refractivity contribution in [2.45, 2.75) is 19.4 Å². The van der Waals surface area contributed by atoms with Gasteiger partial charge in [0.05, 0.1) is 5.88 Å². The average molecular weight is 133 g/mol. The maximum Gasteiger partial charge on any atom is 0.136 e. The molecule has 1 atom stereocenters. The minimum Gasteiger partial charge on any atom is -0.377 e. The molecule has 0 unspecified atom stereocenters. The van der Waals surface area contributed by atoms with Gasteiger partial charge < -0.3 is 5.11 Å². The van der Waals surface area contributed by atoms with Crippen molar-refractivity contribution in [2.75, 3.05) is 5.88 Å². The molecule has 0 spiro atoms. The molecule has 1 N–H and O–H groups in total. The molecule has 0 heterocycles. The van der Waals surface area contributed by atoms with E-state index in [2.05, 4.69) is 11.8 Å². The molecule has 0 rings (SSSR count). The molecular weight excluding hydrogens is 124 g/mol. The SMILES string of the molecule is CC#C[C@@](C)(O)CCl. The Morgan fingerprint density at radius 1 is 1.75 bits per heavy atom. The van der Waals surface area contributed by atoms with E-state index in [1.807, 2.05) is 0 Å². The summed E-state index contributed by atoms with van der Waals surface area (Å²) >= 11 is 5.32. The molecule has 0 radical (unpaired) electrons. The van der Waals surface area contributed by atoms with Gasteiger partial charge in [0.1, 0.15) is 5.60 Å². The summed E-state index contributed by atoms with van der Waals surface area (Å²) in [4.78, 5) is 0. The summed E-state index contributed by atoms with van der Waals surface area (Å²) in [5, 5.41) is 9.02. The molecule has 0 amide bonds. The molecule has 0 aliphatic rings. The van der Waals surface area contributed by atoms with Gasteiger partial charge in [-0.05, 0) is 13.8 Å². The Morgan fingerprint density at radius 3 is 2.38 bits per heavy atom. The summed E-state index contributed by atoms with van der Waals surface area (Å²) in [5.74, 6) is 5.28. The average Bonchev–Trinajstić information content (AvgIpc) is 1.67. The Morgan fingerprint density at radius 2 is 2.25 bits per heavy atom. The van der Waals surface area contributed by atoms with E-state index in [4.69, 9.17) is 16.7 Å². The van der Waals surface area contributed by atoms with Crippen LogP contribution in [0.5, 0.6) is 0 Å². The second kappa shape index (κ2) is 2.96. The highest BCUT2D eigenvalue weighted by atomic mass is 35.5. The maximum absolute atomic E-state index is 9.02. The number of rotatable bonds is 1. The molecule has 0 saturated heterocycles. The van der Waals surface area contributed by atoms with Crippen LogP contribution in [0.3, 0.4) is 0 Å². The van der Waals surface area contributed by atoms with E-state index in [0.29, 0.717) is 0 Å². The third-order valence-corrected chi connectivity index (χ3v) is 1.17. The standard InChI is InChI=1S/C6H9ClO/c1-3-4-6(2,8)5-7/h8H,5H2,1-2H3/t6-/m1/s1. The van der Waals surface area contributed by atoms with Crippen molar-refractivity contribution in [3.8, 4) is 11.8 Å². The smallest absolute Gasteiger partial charge is 0.136 e. The first-order chi connectivity index (χ1) is 3.62. The van der Waals surface area contributed by atoms with Crippen LogP contribution in [0.1, 0.15) is 13.8 Å². The predicted octanol–water partition coefficient (Wildman–Crippen LogP) is 0.999. The number of halogens is 1. The van der Waals surface area contributed by atoms with Gasteiger partial charge in [0.2, 0.25) is 0 Å². The number of alkyl halides is 1. The van der Waals surface area contributed by atoms with E-state index in [1.165, 1.54) is 0 Å². The first-order valence-corrected chi connectivity index (χ1v) is 2.88. The molecule has 0 aliphatic carbocycles. The summed E-state index contributed by atoms with van der Waals surface area (Å²) in [5.41, 5.74) is -1.00. The summed E-state index contributed by atoms with van der Waals surface area (Å²) in [6.45, 7) is 3.25. The Balaban J connectivity index is 3.85. The summed E-state index contributed by atoms with van der Waals surface area (Å²) in [7, 11) is 0. The van der Waals surface area contributed by atoms with Crippen molar-refractivity contribution in [1.29, 1.82) is 0 Å². The summed E-state index contributed by atoms with van der Waals surface area (Å²) in [6.07, 6.45) is 0. The molecule has 0 aromatic rings. The number of hydrogen-bond donors (Lipinski definition) is 1. The fourth-order valence-electron chi connectivity index (χ4n) is 0.303. The zero-order chi connectivity index (χ0) is 6.62. The highest BCUT2D eigenvalue weighted by Crippen LogP contribution is 2.01. The lowest BCUT2D eigenvalue weighted by Gasteiger charge is -2.09. The fraction of sp³-hybridized carbons (Fsp3) is 0.667. The monoisotopic (exact) mass is 132 g/mol. The van der Waals surface area contributed by atoms with Crippen LogP contribution in [0.25, 0.3) is 0 Å². The predicted molar refractivity (Wildman–Crippen MR) is 34.8 cm³/mol. The van der Waals surface area contributed by atoms with E-state index in [-0.39, 0.29) is 5.88 Å². The van der Waals surface area contributed by atoms with Crippen LogP contribution >= 0.6 is 11.6 Å². The van der Waals surface area contributed by atoms with Crippen LogP contribution in [0.15, 0.2) is 0 Å². The highest BCUT2D eigenvalue weighted by molar-refractivity contribution is 6.18. The van der Waals surface area contributed by atoms with Gasteiger partial charge in [0.15, 0.2) is 0 Å². The Labute approximate surface area is 54.7 Å². The third kappa shape index (κ3) is 2.90. The Hall–Kier alpha value is -0.190. The molecule has 0 bridgehead atoms. The van der Waals surface area contributed by atoms with Gasteiger partial charge in [-0.2, -0.15) is 0 Å². The quantitative estimate of drug-likeness (QED) is 0.417. The van der Waals surface area contributed by atoms with E-state index < -0.39 is 5.60 Å². The molecule has 0 saturated carbocycles. The lowest BCUT2D eigenvalue weighted by Crippen LogP contribution is -2.23. The summed E-state index contributed by atoms with van der Waals surface area (Å²) < 4.78 is 0. The molecule has 0 aromatic carbocycles. The molecule has 0 aliphatic heterocycles. The highest BCUT2D eigenvalue weighted by Gasteiger charge is 2.12. The van der Waals surface area contributed by atoms with E-state index in [9.17, 15) is 0 Å². The van der Waals surface area contributed by atoms with Crippen LogP contribution in [-0.4, -0.2) is 16.6 Å². The number of hydrogen-bond acceptors (Lipinski definition) is 1. The van der Waals surface area contributed by atoms with Gasteiger partial charge in [-0.15, -0.1) is 17.5 Å². The van der Waals surface area contributed by atoms with Gasteiger partial charge >= 0.3 is 0 Å². The molecule has 8 heavy (non-hydrogen) atoms. The van der Waals surface area contributed by atoms with Crippen molar-refractivity contribution >= 4 is 11.6 Å². The van der Waals surface area contributed by atoms with Gasteiger partial charge in [-0.3, -0.25) is 0 Å². The first-order valence-electron chi connectivity index (χ1n) is 2.34. The summed E-state index contributed by atoms with van der Waals surface area (Å²) in [6, 6.07) is 0. The molecule has 0 fully saturated rings. The lowest BCUT2D eigenvalue weighted by atomic mass is 10.1. The molecule has 2 heteroatoms. The lowest BCUT2D eigenvalue weighted by molar-refractivity contribution is 0.147. The molecule has 46 valence electrons. The Bertz CT molecular complexity index is 118. The number of aliphatic hydroxyl groups is 1. The first kappa shape index (κ1) is 7.81.